The smallest absolute Gasteiger partial charge is 0.215 e. The summed E-state index contributed by atoms with van der Waals surface area (Å²) in [5, 5.41) is 6.60. The van der Waals surface area contributed by atoms with Crippen LogP contribution < -0.4 is 15.4 Å². The predicted molar refractivity (Wildman–Crippen MR) is 110 cm³/mol. The highest BCUT2D eigenvalue weighted by atomic mass is 16.5. The third kappa shape index (κ3) is 4.88. The average molecular weight is 351 g/mol. The minimum Gasteiger partial charge on any atom is -0.439 e. The Kier molecular flexibility index (Phi) is 6.09. The zero-order chi connectivity index (χ0) is 19.3. The molecule has 2 rings (SSSR count). The monoisotopic (exact) mass is 351 g/mol. The SMILES string of the molecule is C=C(N[C@H](C)C(C)(C)C)C1=CNC(=C)C1=N/C(=C\C)Oc1ccccc1. The van der Waals surface area contributed by atoms with Crippen LogP contribution in [0.25, 0.3) is 0 Å². The number of aliphatic imine (C=N–C) groups is 1. The molecule has 2 N–H and O–H groups in total. The lowest BCUT2D eigenvalue weighted by atomic mass is 9.87. The topological polar surface area (TPSA) is 45.7 Å². The molecule has 0 amide bonds. The Morgan fingerprint density at radius 2 is 1.92 bits per heavy atom. The first-order valence-electron chi connectivity index (χ1n) is 8.82. The molecule has 0 unspecified atom stereocenters. The van der Waals surface area contributed by atoms with Gasteiger partial charge < -0.3 is 15.4 Å². The van der Waals surface area contributed by atoms with Crippen molar-refractivity contribution in [1.29, 1.82) is 0 Å². The molecule has 0 bridgehead atoms. The lowest BCUT2D eigenvalue weighted by Crippen LogP contribution is -2.37. The molecule has 1 aromatic carbocycles. The van der Waals surface area contributed by atoms with Crippen molar-refractivity contribution in [3.8, 4) is 5.75 Å². The standard InChI is InChI=1S/C22H29N3O/c1-8-20(26-18-12-10-9-11-13-18)25-21-16(3)23-14-19(21)15(2)24-17(4)22(5,6)7/h8-14,17,23-24H,2-3H2,1,4-7H3/b20-8+,25-21?/t17-/m1/s1. The van der Waals surface area contributed by atoms with Gasteiger partial charge >= 0.3 is 0 Å². The highest BCUT2D eigenvalue weighted by molar-refractivity contribution is 6.16. The third-order valence-electron chi connectivity index (χ3n) is 4.38. The second kappa shape index (κ2) is 8.09. The van der Waals surface area contributed by atoms with E-state index in [2.05, 4.69) is 56.5 Å². The fourth-order valence-corrected chi connectivity index (χ4v) is 2.24. The van der Waals surface area contributed by atoms with Crippen molar-refractivity contribution >= 4 is 5.71 Å². The zero-order valence-corrected chi connectivity index (χ0v) is 16.4. The van der Waals surface area contributed by atoms with Crippen molar-refractivity contribution in [2.45, 2.75) is 40.7 Å². The van der Waals surface area contributed by atoms with E-state index >= 15 is 0 Å². The fraction of sp³-hybridized carbons (Fsp3) is 0.318. The number of benzene rings is 1. The maximum atomic E-state index is 5.86. The number of hydrogen-bond donors (Lipinski definition) is 2. The number of para-hydroxylation sites is 1. The molecule has 4 heteroatoms. The molecule has 0 saturated heterocycles. The molecule has 0 aliphatic carbocycles. The van der Waals surface area contributed by atoms with Crippen LogP contribution in [0.5, 0.6) is 5.75 Å². The van der Waals surface area contributed by atoms with E-state index in [4.69, 9.17) is 4.74 Å². The summed E-state index contributed by atoms with van der Waals surface area (Å²) in [7, 11) is 0. The van der Waals surface area contributed by atoms with Crippen LogP contribution in [-0.2, 0) is 0 Å². The summed E-state index contributed by atoms with van der Waals surface area (Å²) in [5.41, 5.74) is 3.28. The van der Waals surface area contributed by atoms with E-state index in [1.165, 1.54) is 0 Å². The molecule has 26 heavy (non-hydrogen) atoms. The minimum absolute atomic E-state index is 0.120. The Labute approximate surface area is 157 Å². The van der Waals surface area contributed by atoms with Gasteiger partial charge in [0.25, 0.3) is 0 Å². The number of ether oxygens (including phenoxy) is 1. The molecule has 1 aliphatic rings. The zero-order valence-electron chi connectivity index (χ0n) is 16.4. The van der Waals surface area contributed by atoms with E-state index in [0.717, 1.165) is 28.4 Å². The Morgan fingerprint density at radius 3 is 2.50 bits per heavy atom. The predicted octanol–water partition coefficient (Wildman–Crippen LogP) is 4.91. The first-order chi connectivity index (χ1) is 12.2. The van der Waals surface area contributed by atoms with Gasteiger partial charge in [0, 0.05) is 23.5 Å². The first-order valence-corrected chi connectivity index (χ1v) is 8.82. The summed E-state index contributed by atoms with van der Waals surface area (Å²) in [4.78, 5) is 4.67. The van der Waals surface area contributed by atoms with Crippen LogP contribution >= 0.6 is 0 Å². The molecule has 0 saturated carbocycles. The molecule has 0 radical (unpaired) electrons. The molecule has 138 valence electrons. The molecule has 1 heterocycles. The maximum absolute atomic E-state index is 5.86. The van der Waals surface area contributed by atoms with Gasteiger partial charge in [0.1, 0.15) is 11.5 Å². The lowest BCUT2D eigenvalue weighted by Gasteiger charge is -2.30. The van der Waals surface area contributed by atoms with Crippen LogP contribution in [0.2, 0.25) is 0 Å². The molecule has 0 fully saturated rings. The van der Waals surface area contributed by atoms with Crippen LogP contribution in [0.15, 0.2) is 83.6 Å². The number of rotatable bonds is 6. The Hall–Kier alpha value is -2.75. The molecule has 0 spiro atoms. The van der Waals surface area contributed by atoms with Gasteiger partial charge in [-0.3, -0.25) is 0 Å². The molecular weight excluding hydrogens is 322 g/mol. The Bertz CT molecular complexity index is 764. The largest absolute Gasteiger partial charge is 0.439 e. The molecule has 4 nitrogen and oxygen atoms in total. The van der Waals surface area contributed by atoms with Crippen molar-refractivity contribution in [3.05, 3.63) is 78.6 Å². The van der Waals surface area contributed by atoms with E-state index in [-0.39, 0.29) is 11.5 Å². The van der Waals surface area contributed by atoms with Crippen LogP contribution in [0, 0.1) is 5.41 Å². The van der Waals surface area contributed by atoms with Crippen molar-refractivity contribution in [2.75, 3.05) is 0 Å². The number of allylic oxidation sites excluding steroid dienone is 3. The van der Waals surface area contributed by atoms with E-state index in [1.54, 1.807) is 0 Å². The summed E-state index contributed by atoms with van der Waals surface area (Å²) >= 11 is 0. The van der Waals surface area contributed by atoms with Crippen molar-refractivity contribution < 1.29 is 4.74 Å². The number of nitrogens with one attached hydrogen (secondary N) is 2. The lowest BCUT2D eigenvalue weighted by molar-refractivity contribution is 0.305. The first kappa shape index (κ1) is 19.6. The fourth-order valence-electron chi connectivity index (χ4n) is 2.24. The van der Waals surface area contributed by atoms with Crippen molar-refractivity contribution in [1.82, 2.24) is 10.6 Å². The van der Waals surface area contributed by atoms with Gasteiger partial charge in [-0.2, -0.15) is 0 Å². The molecule has 1 aliphatic heterocycles. The maximum Gasteiger partial charge on any atom is 0.215 e. The highest BCUT2D eigenvalue weighted by Gasteiger charge is 2.25. The van der Waals surface area contributed by atoms with Gasteiger partial charge in [-0.05, 0) is 37.5 Å². The van der Waals surface area contributed by atoms with Gasteiger partial charge in [-0.15, -0.1) is 0 Å². The quantitative estimate of drug-likeness (QED) is 0.716. The van der Waals surface area contributed by atoms with Crippen LogP contribution in [0.1, 0.15) is 34.6 Å². The molecule has 1 atom stereocenters. The highest BCUT2D eigenvalue weighted by Crippen LogP contribution is 2.24. The number of hydrogen-bond acceptors (Lipinski definition) is 4. The Morgan fingerprint density at radius 1 is 1.27 bits per heavy atom. The summed E-state index contributed by atoms with van der Waals surface area (Å²) in [6, 6.07) is 9.85. The van der Waals surface area contributed by atoms with Gasteiger partial charge in [-0.25, -0.2) is 4.99 Å². The number of nitrogens with zero attached hydrogens (tertiary/aromatic N) is 1. The van der Waals surface area contributed by atoms with Crippen LogP contribution in [0.3, 0.4) is 0 Å². The summed E-state index contributed by atoms with van der Waals surface area (Å²) in [6.45, 7) is 18.9. The molecular formula is C22H29N3O. The van der Waals surface area contributed by atoms with E-state index in [9.17, 15) is 0 Å². The summed E-state index contributed by atoms with van der Waals surface area (Å²) in [5.74, 6) is 1.25. The second-order valence-corrected chi connectivity index (χ2v) is 7.39. The Balaban J connectivity index is 2.20. The van der Waals surface area contributed by atoms with Crippen molar-refractivity contribution in [3.63, 3.8) is 0 Å². The normalized spacial score (nSPS) is 17.6. The second-order valence-electron chi connectivity index (χ2n) is 7.39. The summed E-state index contributed by atoms with van der Waals surface area (Å²) in [6.07, 6.45) is 3.71. The van der Waals surface area contributed by atoms with E-state index in [0.29, 0.717) is 5.88 Å². The van der Waals surface area contributed by atoms with Crippen LogP contribution in [-0.4, -0.2) is 11.8 Å². The minimum atomic E-state index is 0.120. The van der Waals surface area contributed by atoms with Gasteiger partial charge in [0.15, 0.2) is 0 Å². The van der Waals surface area contributed by atoms with Gasteiger partial charge in [-0.1, -0.05) is 52.1 Å². The molecule has 0 aromatic heterocycles. The van der Waals surface area contributed by atoms with Crippen molar-refractivity contribution in [2.24, 2.45) is 10.4 Å². The average Bonchev–Trinajstić information content (AvgIpc) is 2.95. The van der Waals surface area contributed by atoms with Gasteiger partial charge in [0.2, 0.25) is 5.88 Å². The van der Waals surface area contributed by atoms with E-state index < -0.39 is 0 Å². The third-order valence-corrected chi connectivity index (χ3v) is 4.38. The van der Waals surface area contributed by atoms with Gasteiger partial charge in [0.05, 0.1) is 5.70 Å². The summed E-state index contributed by atoms with van der Waals surface area (Å²) < 4.78 is 5.86. The van der Waals surface area contributed by atoms with Crippen LogP contribution in [0.4, 0.5) is 0 Å². The van der Waals surface area contributed by atoms with E-state index in [1.807, 2.05) is 49.5 Å². The molecule has 1 aromatic rings.